The maximum atomic E-state index is 8.93. The summed E-state index contributed by atoms with van der Waals surface area (Å²) in [6.45, 7) is 1.78. The summed E-state index contributed by atoms with van der Waals surface area (Å²) in [4.78, 5) is 12.5. The summed E-state index contributed by atoms with van der Waals surface area (Å²) in [6.07, 6.45) is 1.72. The van der Waals surface area contributed by atoms with Crippen LogP contribution in [-0.2, 0) is 5.75 Å². The minimum Gasteiger partial charge on any atom is -0.250 e. The molecule has 0 unspecified atom stereocenters. The standard InChI is InChI=1S/C13H9N5S/c1-9-12(8-19-13-4-2-3-5-16-13)18-11(7-15)10(6-14)17-9/h2-5H,8H2,1H3. The Kier molecular flexibility index (Phi) is 4.07. The lowest BCUT2D eigenvalue weighted by Gasteiger charge is -2.05. The van der Waals surface area contributed by atoms with Crippen molar-refractivity contribution in [3.63, 3.8) is 0 Å². The molecule has 0 saturated heterocycles. The van der Waals surface area contributed by atoms with Gasteiger partial charge in [-0.05, 0) is 19.1 Å². The van der Waals surface area contributed by atoms with Gasteiger partial charge in [0.05, 0.1) is 16.4 Å². The highest BCUT2D eigenvalue weighted by molar-refractivity contribution is 7.98. The van der Waals surface area contributed by atoms with Gasteiger partial charge in [0.25, 0.3) is 0 Å². The molecule has 0 atom stereocenters. The van der Waals surface area contributed by atoms with Crippen LogP contribution in [0, 0.1) is 29.6 Å². The number of aromatic nitrogens is 3. The highest BCUT2D eigenvalue weighted by Crippen LogP contribution is 2.21. The Morgan fingerprint density at radius 2 is 1.89 bits per heavy atom. The first-order chi connectivity index (χ1) is 9.24. The van der Waals surface area contributed by atoms with E-state index in [2.05, 4.69) is 15.0 Å². The molecule has 0 spiro atoms. The van der Waals surface area contributed by atoms with Crippen molar-refractivity contribution in [2.24, 2.45) is 0 Å². The smallest absolute Gasteiger partial charge is 0.177 e. The first-order valence-electron chi connectivity index (χ1n) is 5.46. The third kappa shape index (κ3) is 3.06. The van der Waals surface area contributed by atoms with E-state index < -0.39 is 0 Å². The van der Waals surface area contributed by atoms with Gasteiger partial charge in [0.2, 0.25) is 0 Å². The summed E-state index contributed by atoms with van der Waals surface area (Å²) in [7, 11) is 0. The van der Waals surface area contributed by atoms with E-state index in [-0.39, 0.29) is 11.4 Å². The fourth-order valence-electron chi connectivity index (χ4n) is 1.42. The molecule has 0 aliphatic carbocycles. The van der Waals surface area contributed by atoms with Crippen molar-refractivity contribution >= 4 is 11.8 Å². The van der Waals surface area contributed by atoms with E-state index in [1.54, 1.807) is 13.1 Å². The Morgan fingerprint density at radius 3 is 2.53 bits per heavy atom. The van der Waals surface area contributed by atoms with E-state index in [1.807, 2.05) is 30.3 Å². The van der Waals surface area contributed by atoms with Crippen molar-refractivity contribution < 1.29 is 0 Å². The van der Waals surface area contributed by atoms with Crippen LogP contribution in [0.5, 0.6) is 0 Å². The second-order valence-electron chi connectivity index (χ2n) is 3.63. The maximum Gasteiger partial charge on any atom is 0.177 e. The molecule has 19 heavy (non-hydrogen) atoms. The molecule has 0 aliphatic heterocycles. The average Bonchev–Trinajstić information content (AvgIpc) is 2.46. The van der Waals surface area contributed by atoms with Gasteiger partial charge < -0.3 is 0 Å². The first-order valence-corrected chi connectivity index (χ1v) is 6.44. The zero-order valence-corrected chi connectivity index (χ0v) is 11.0. The van der Waals surface area contributed by atoms with E-state index in [1.165, 1.54) is 11.8 Å². The van der Waals surface area contributed by atoms with E-state index >= 15 is 0 Å². The number of hydrogen-bond donors (Lipinski definition) is 0. The van der Waals surface area contributed by atoms with Crippen LogP contribution in [0.2, 0.25) is 0 Å². The second kappa shape index (κ2) is 5.94. The van der Waals surface area contributed by atoms with Crippen molar-refractivity contribution in [3.8, 4) is 12.1 Å². The lowest BCUT2D eigenvalue weighted by Crippen LogP contribution is -2.02. The molecule has 2 rings (SSSR count). The van der Waals surface area contributed by atoms with E-state index in [0.717, 1.165) is 5.03 Å². The Bertz CT molecular complexity index is 670. The molecule has 0 N–H and O–H groups in total. The van der Waals surface area contributed by atoms with E-state index in [0.29, 0.717) is 17.1 Å². The Labute approximate surface area is 115 Å². The van der Waals surface area contributed by atoms with Gasteiger partial charge in [0, 0.05) is 11.9 Å². The Balaban J connectivity index is 2.22. The highest BCUT2D eigenvalue weighted by atomic mass is 32.2. The molecule has 2 aromatic heterocycles. The van der Waals surface area contributed by atoms with Crippen LogP contribution in [-0.4, -0.2) is 15.0 Å². The van der Waals surface area contributed by atoms with Gasteiger partial charge in [-0.1, -0.05) is 17.8 Å². The van der Waals surface area contributed by atoms with Gasteiger partial charge in [-0.2, -0.15) is 10.5 Å². The number of hydrogen-bond acceptors (Lipinski definition) is 6. The Morgan fingerprint density at radius 1 is 1.16 bits per heavy atom. The zero-order valence-electron chi connectivity index (χ0n) is 10.2. The molecular formula is C13H9N5S. The van der Waals surface area contributed by atoms with Gasteiger partial charge in [0.1, 0.15) is 12.1 Å². The van der Waals surface area contributed by atoms with Gasteiger partial charge in [-0.15, -0.1) is 0 Å². The van der Waals surface area contributed by atoms with Crippen molar-refractivity contribution in [3.05, 3.63) is 47.2 Å². The predicted octanol–water partition coefficient (Wildman–Crippen LogP) is 2.22. The molecule has 6 heteroatoms. The fourth-order valence-corrected chi connectivity index (χ4v) is 2.29. The largest absolute Gasteiger partial charge is 0.250 e. The van der Waals surface area contributed by atoms with Crippen molar-refractivity contribution in [1.29, 1.82) is 10.5 Å². The molecule has 2 heterocycles. The van der Waals surface area contributed by atoms with Crippen molar-refractivity contribution in [1.82, 2.24) is 15.0 Å². The van der Waals surface area contributed by atoms with Crippen LogP contribution in [0.15, 0.2) is 29.4 Å². The van der Waals surface area contributed by atoms with Gasteiger partial charge >= 0.3 is 0 Å². The molecular weight excluding hydrogens is 258 g/mol. The number of aryl methyl sites for hydroxylation is 1. The van der Waals surface area contributed by atoms with Crippen molar-refractivity contribution in [2.75, 3.05) is 0 Å². The van der Waals surface area contributed by atoms with Gasteiger partial charge in [-0.3, -0.25) is 0 Å². The highest BCUT2D eigenvalue weighted by Gasteiger charge is 2.11. The molecule has 0 amide bonds. The lowest BCUT2D eigenvalue weighted by atomic mass is 10.3. The van der Waals surface area contributed by atoms with Crippen LogP contribution in [0.1, 0.15) is 22.8 Å². The minimum atomic E-state index is 0.0738. The van der Waals surface area contributed by atoms with E-state index in [4.69, 9.17) is 10.5 Å². The summed E-state index contributed by atoms with van der Waals surface area (Å²) < 4.78 is 0. The second-order valence-corrected chi connectivity index (χ2v) is 4.63. The summed E-state index contributed by atoms with van der Waals surface area (Å²) in [5, 5.41) is 18.7. The van der Waals surface area contributed by atoms with Crippen LogP contribution < -0.4 is 0 Å². The van der Waals surface area contributed by atoms with Gasteiger partial charge in [-0.25, -0.2) is 15.0 Å². The maximum absolute atomic E-state index is 8.93. The monoisotopic (exact) mass is 267 g/mol. The first kappa shape index (κ1) is 13.0. The number of rotatable bonds is 3. The lowest BCUT2D eigenvalue weighted by molar-refractivity contribution is 0.996. The third-order valence-corrected chi connectivity index (χ3v) is 3.33. The molecule has 92 valence electrons. The van der Waals surface area contributed by atoms with Gasteiger partial charge in [0.15, 0.2) is 11.4 Å². The van der Waals surface area contributed by atoms with Crippen molar-refractivity contribution in [2.45, 2.75) is 17.7 Å². The number of nitriles is 2. The predicted molar refractivity (Wildman–Crippen MR) is 70.0 cm³/mol. The molecule has 0 fully saturated rings. The van der Waals surface area contributed by atoms with Crippen LogP contribution in [0.3, 0.4) is 0 Å². The molecule has 0 radical (unpaired) electrons. The molecule has 0 bridgehead atoms. The normalized spacial score (nSPS) is 9.63. The summed E-state index contributed by atoms with van der Waals surface area (Å²) in [5.41, 5.74) is 1.52. The SMILES string of the molecule is Cc1nc(C#N)c(C#N)nc1CSc1ccccn1. The number of pyridine rings is 1. The Hall–Kier alpha value is -2.44. The third-order valence-electron chi connectivity index (χ3n) is 2.37. The molecule has 2 aromatic rings. The summed E-state index contributed by atoms with van der Waals surface area (Å²) in [5.74, 6) is 0.566. The molecule has 0 aliphatic rings. The fraction of sp³-hybridized carbons (Fsp3) is 0.154. The summed E-state index contributed by atoms with van der Waals surface area (Å²) >= 11 is 1.51. The van der Waals surface area contributed by atoms with Crippen LogP contribution in [0.25, 0.3) is 0 Å². The zero-order chi connectivity index (χ0) is 13.7. The average molecular weight is 267 g/mol. The van der Waals surface area contributed by atoms with E-state index in [9.17, 15) is 0 Å². The molecule has 0 aromatic carbocycles. The van der Waals surface area contributed by atoms with Crippen LogP contribution in [0.4, 0.5) is 0 Å². The number of nitrogens with zero attached hydrogens (tertiary/aromatic N) is 5. The minimum absolute atomic E-state index is 0.0738. The van der Waals surface area contributed by atoms with Crippen LogP contribution >= 0.6 is 11.8 Å². The molecule has 0 saturated carbocycles. The quantitative estimate of drug-likeness (QED) is 0.792. The summed E-state index contributed by atoms with van der Waals surface area (Å²) in [6, 6.07) is 9.43. The molecule has 5 nitrogen and oxygen atoms in total. The topological polar surface area (TPSA) is 86.2 Å². The number of thioether (sulfide) groups is 1.